The minimum absolute atomic E-state index is 0.135. The van der Waals surface area contributed by atoms with Gasteiger partial charge in [0, 0.05) is 11.8 Å². The molecule has 18 heavy (non-hydrogen) atoms. The predicted molar refractivity (Wildman–Crippen MR) is 77.3 cm³/mol. The molecular formula is C10H11Cl4O3P. The Morgan fingerprint density at radius 3 is 2.17 bits per heavy atom. The Labute approximate surface area is 127 Å². The molecule has 0 radical (unpaired) electrons. The van der Waals surface area contributed by atoms with Crippen LogP contribution < -0.4 is 4.52 Å². The first-order valence-corrected chi connectivity index (χ1v) is 7.97. The summed E-state index contributed by atoms with van der Waals surface area (Å²) in [5.74, 6) is 0.939. The molecule has 102 valence electrons. The molecule has 0 aliphatic carbocycles. The van der Waals surface area contributed by atoms with Crippen molar-refractivity contribution in [3.05, 3.63) is 27.2 Å². The van der Waals surface area contributed by atoms with Crippen molar-refractivity contribution >= 4 is 55.0 Å². The van der Waals surface area contributed by atoms with Crippen molar-refractivity contribution in [1.29, 1.82) is 0 Å². The quantitative estimate of drug-likeness (QED) is 0.598. The lowest BCUT2D eigenvalue weighted by Gasteiger charge is -2.15. The lowest BCUT2D eigenvalue weighted by atomic mass is 10.0. The highest BCUT2D eigenvalue weighted by molar-refractivity contribution is 7.39. The molecule has 0 unspecified atom stereocenters. The third kappa shape index (κ3) is 4.28. The minimum atomic E-state index is -2.55. The average Bonchev–Trinajstić information content (AvgIpc) is 2.30. The van der Waals surface area contributed by atoms with Crippen molar-refractivity contribution in [3.63, 3.8) is 0 Å². The molecule has 0 aliphatic heterocycles. The first kappa shape index (κ1) is 16.6. The maximum absolute atomic E-state index is 8.86. The molecule has 0 bridgehead atoms. The second-order valence-electron chi connectivity index (χ2n) is 3.36. The number of hydrogen-bond donors (Lipinski definition) is 2. The summed E-state index contributed by atoms with van der Waals surface area (Å²) in [5, 5.41) is 0.456. The van der Waals surface area contributed by atoms with E-state index in [9.17, 15) is 0 Å². The van der Waals surface area contributed by atoms with E-state index < -0.39 is 8.60 Å². The summed E-state index contributed by atoms with van der Waals surface area (Å²) in [4.78, 5) is 17.7. The van der Waals surface area contributed by atoms with Crippen LogP contribution in [0.5, 0.6) is 5.75 Å². The van der Waals surface area contributed by atoms with Gasteiger partial charge in [-0.15, -0.1) is 23.2 Å². The number of aryl methyl sites for hydroxylation is 1. The van der Waals surface area contributed by atoms with E-state index in [4.69, 9.17) is 60.7 Å². The standard InChI is InChI=1S/C10H11Cl4O3P/c11-3-1-6-5-8(17-18(15)16)10(14)9(13)7(6)2-4-12/h5,15-16H,1-4H2. The second-order valence-corrected chi connectivity index (χ2v) is 5.56. The van der Waals surface area contributed by atoms with E-state index >= 15 is 0 Å². The van der Waals surface area contributed by atoms with Crippen molar-refractivity contribution in [2.45, 2.75) is 12.8 Å². The maximum Gasteiger partial charge on any atom is 0.391 e. The van der Waals surface area contributed by atoms with Crippen LogP contribution in [0.25, 0.3) is 0 Å². The SMILES string of the molecule is OP(O)Oc1cc(CCCl)c(CCCl)c(Cl)c1Cl. The fraction of sp³-hybridized carbons (Fsp3) is 0.400. The van der Waals surface area contributed by atoms with E-state index in [1.807, 2.05) is 0 Å². The van der Waals surface area contributed by atoms with E-state index in [1.54, 1.807) is 6.07 Å². The molecule has 0 spiro atoms. The highest BCUT2D eigenvalue weighted by atomic mass is 35.5. The normalized spacial score (nSPS) is 11.1. The molecule has 2 N–H and O–H groups in total. The monoisotopic (exact) mass is 350 g/mol. The molecule has 0 saturated carbocycles. The molecule has 0 amide bonds. The van der Waals surface area contributed by atoms with Crippen LogP contribution in [0.2, 0.25) is 10.0 Å². The summed E-state index contributed by atoms with van der Waals surface area (Å²) < 4.78 is 4.83. The van der Waals surface area contributed by atoms with Crippen LogP contribution in [0.1, 0.15) is 11.1 Å². The van der Waals surface area contributed by atoms with Gasteiger partial charge in [-0.3, -0.25) is 0 Å². The van der Waals surface area contributed by atoms with Gasteiger partial charge in [-0.2, -0.15) is 0 Å². The van der Waals surface area contributed by atoms with Crippen LogP contribution in [0, 0.1) is 0 Å². The molecule has 0 fully saturated rings. The lowest BCUT2D eigenvalue weighted by Crippen LogP contribution is -2.00. The van der Waals surface area contributed by atoms with E-state index in [1.165, 1.54) is 0 Å². The zero-order valence-electron chi connectivity index (χ0n) is 9.17. The van der Waals surface area contributed by atoms with Gasteiger partial charge < -0.3 is 14.3 Å². The fourth-order valence-electron chi connectivity index (χ4n) is 1.53. The molecule has 3 nitrogen and oxygen atoms in total. The van der Waals surface area contributed by atoms with Crippen LogP contribution in [0.4, 0.5) is 0 Å². The molecule has 8 heteroatoms. The molecule has 0 atom stereocenters. The Morgan fingerprint density at radius 1 is 1.06 bits per heavy atom. The van der Waals surface area contributed by atoms with Gasteiger partial charge in [0.15, 0.2) is 0 Å². The Balaban J connectivity index is 3.24. The van der Waals surface area contributed by atoms with E-state index in [0.717, 1.165) is 11.1 Å². The summed E-state index contributed by atoms with van der Waals surface area (Å²) in [7, 11) is -2.55. The van der Waals surface area contributed by atoms with Gasteiger partial charge in [-0.25, -0.2) is 0 Å². The van der Waals surface area contributed by atoms with Crippen LogP contribution in [-0.2, 0) is 12.8 Å². The van der Waals surface area contributed by atoms with Gasteiger partial charge in [-0.1, -0.05) is 23.2 Å². The molecule has 0 aliphatic rings. The Kier molecular flexibility index (Phi) is 7.33. The first-order chi connectivity index (χ1) is 8.51. The van der Waals surface area contributed by atoms with Gasteiger partial charge in [0.05, 0.1) is 5.02 Å². The van der Waals surface area contributed by atoms with Gasteiger partial charge in [0.1, 0.15) is 10.8 Å². The molecule has 1 aromatic rings. The molecule has 0 saturated heterocycles. The van der Waals surface area contributed by atoms with E-state index in [-0.39, 0.29) is 10.8 Å². The summed E-state index contributed by atoms with van der Waals surface area (Å²) in [6.07, 6.45) is 1.12. The third-order valence-corrected chi connectivity index (χ3v) is 3.88. The first-order valence-electron chi connectivity index (χ1n) is 4.98. The Bertz CT molecular complexity index is 415. The summed E-state index contributed by atoms with van der Waals surface area (Å²) >= 11 is 23.6. The summed E-state index contributed by atoms with van der Waals surface area (Å²) in [6.45, 7) is 0. The number of benzene rings is 1. The number of rotatable bonds is 6. The van der Waals surface area contributed by atoms with Crippen LogP contribution in [0.3, 0.4) is 0 Å². The summed E-state index contributed by atoms with van der Waals surface area (Å²) in [5.41, 5.74) is 1.65. The maximum atomic E-state index is 8.86. The van der Waals surface area contributed by atoms with Gasteiger partial charge in [-0.05, 0) is 30.0 Å². The molecular weight excluding hydrogens is 341 g/mol. The van der Waals surface area contributed by atoms with E-state index in [0.29, 0.717) is 29.6 Å². The molecule has 1 aromatic carbocycles. The van der Waals surface area contributed by atoms with Crippen molar-refractivity contribution in [3.8, 4) is 5.75 Å². The fourth-order valence-corrected chi connectivity index (χ4v) is 2.82. The molecule has 0 aromatic heterocycles. The zero-order valence-corrected chi connectivity index (χ0v) is 13.1. The topological polar surface area (TPSA) is 49.7 Å². The third-order valence-electron chi connectivity index (χ3n) is 2.26. The van der Waals surface area contributed by atoms with E-state index in [2.05, 4.69) is 0 Å². The van der Waals surface area contributed by atoms with Crippen LogP contribution in [-0.4, -0.2) is 21.5 Å². The highest BCUT2D eigenvalue weighted by Crippen LogP contribution is 2.42. The summed E-state index contributed by atoms with van der Waals surface area (Å²) in [6, 6.07) is 1.61. The lowest BCUT2D eigenvalue weighted by molar-refractivity contribution is 0.375. The Hall–Kier alpha value is 0.530. The molecule has 0 heterocycles. The van der Waals surface area contributed by atoms with Crippen LogP contribution >= 0.6 is 55.0 Å². The number of alkyl halides is 2. The minimum Gasteiger partial charge on any atom is -0.425 e. The second kappa shape index (κ2) is 7.96. The van der Waals surface area contributed by atoms with Gasteiger partial charge >= 0.3 is 8.60 Å². The highest BCUT2D eigenvalue weighted by Gasteiger charge is 2.18. The smallest absolute Gasteiger partial charge is 0.391 e. The van der Waals surface area contributed by atoms with Crippen molar-refractivity contribution in [1.82, 2.24) is 0 Å². The van der Waals surface area contributed by atoms with Crippen molar-refractivity contribution < 1.29 is 14.3 Å². The average molecular weight is 352 g/mol. The number of hydrogen-bond acceptors (Lipinski definition) is 3. The molecule has 1 rings (SSSR count). The Morgan fingerprint density at radius 2 is 1.67 bits per heavy atom. The van der Waals surface area contributed by atoms with Crippen LogP contribution in [0.15, 0.2) is 6.07 Å². The predicted octanol–water partition coefficient (Wildman–Crippen LogP) is 4.15. The zero-order chi connectivity index (χ0) is 13.7. The van der Waals surface area contributed by atoms with Gasteiger partial charge in [0.2, 0.25) is 0 Å². The van der Waals surface area contributed by atoms with Crippen molar-refractivity contribution in [2.75, 3.05) is 11.8 Å². The largest absolute Gasteiger partial charge is 0.425 e. The van der Waals surface area contributed by atoms with Crippen molar-refractivity contribution in [2.24, 2.45) is 0 Å². The van der Waals surface area contributed by atoms with Gasteiger partial charge in [0.25, 0.3) is 0 Å². The number of halogens is 4.